The first-order valence-corrected chi connectivity index (χ1v) is 6.85. The molecule has 1 aliphatic rings. The Morgan fingerprint density at radius 1 is 1.25 bits per heavy atom. The summed E-state index contributed by atoms with van der Waals surface area (Å²) in [5.74, 6) is 1.81. The van der Waals surface area contributed by atoms with E-state index in [1.54, 1.807) is 6.33 Å². The number of anilines is 2. The predicted octanol–water partition coefficient (Wildman–Crippen LogP) is 2.64. The standard InChI is InChI=1S/C16H18N4/c1-2-8-17-15-10-16(19-12-18-15)20-9-7-13-5-3-4-6-14(13)11-20/h2-6,10,12H,1,7-9,11H2,(H,17,18,19). The second-order valence-corrected chi connectivity index (χ2v) is 4.87. The zero-order chi connectivity index (χ0) is 13.8. The van der Waals surface area contributed by atoms with Gasteiger partial charge >= 0.3 is 0 Å². The summed E-state index contributed by atoms with van der Waals surface area (Å²) in [4.78, 5) is 10.9. The van der Waals surface area contributed by atoms with E-state index < -0.39 is 0 Å². The molecular formula is C16H18N4. The van der Waals surface area contributed by atoms with Gasteiger partial charge in [0.2, 0.25) is 0 Å². The Bertz CT molecular complexity index is 609. The summed E-state index contributed by atoms with van der Waals surface area (Å²) < 4.78 is 0. The number of nitrogens with zero attached hydrogens (tertiary/aromatic N) is 3. The predicted molar refractivity (Wildman–Crippen MR) is 81.9 cm³/mol. The van der Waals surface area contributed by atoms with Gasteiger partial charge in [0.25, 0.3) is 0 Å². The van der Waals surface area contributed by atoms with E-state index in [0.29, 0.717) is 6.54 Å². The lowest BCUT2D eigenvalue weighted by atomic mass is 10.00. The van der Waals surface area contributed by atoms with Gasteiger partial charge in [-0.1, -0.05) is 30.3 Å². The fraction of sp³-hybridized carbons (Fsp3) is 0.250. The van der Waals surface area contributed by atoms with Gasteiger partial charge in [-0.3, -0.25) is 0 Å². The van der Waals surface area contributed by atoms with Gasteiger partial charge < -0.3 is 10.2 Å². The quantitative estimate of drug-likeness (QED) is 0.864. The molecule has 0 bridgehead atoms. The number of aromatic nitrogens is 2. The Labute approximate surface area is 119 Å². The Kier molecular flexibility index (Phi) is 3.63. The van der Waals surface area contributed by atoms with Crippen LogP contribution < -0.4 is 10.2 Å². The maximum absolute atomic E-state index is 4.39. The van der Waals surface area contributed by atoms with Crippen LogP contribution in [0.5, 0.6) is 0 Å². The van der Waals surface area contributed by atoms with Crippen LogP contribution in [0, 0.1) is 0 Å². The maximum atomic E-state index is 4.39. The minimum Gasteiger partial charge on any atom is -0.366 e. The zero-order valence-corrected chi connectivity index (χ0v) is 11.4. The SMILES string of the molecule is C=CCNc1cc(N2CCc3ccccc3C2)ncn1. The van der Waals surface area contributed by atoms with E-state index in [4.69, 9.17) is 0 Å². The molecule has 1 aliphatic heterocycles. The number of fused-ring (bicyclic) bond motifs is 1. The van der Waals surface area contributed by atoms with Gasteiger partial charge in [-0.25, -0.2) is 9.97 Å². The third-order valence-corrected chi connectivity index (χ3v) is 3.53. The van der Waals surface area contributed by atoms with Gasteiger partial charge in [0.15, 0.2) is 0 Å². The van der Waals surface area contributed by atoms with Crippen LogP contribution in [0.15, 0.2) is 49.3 Å². The summed E-state index contributed by atoms with van der Waals surface area (Å²) in [6, 6.07) is 10.6. The second-order valence-electron chi connectivity index (χ2n) is 4.87. The van der Waals surface area contributed by atoms with Crippen molar-refractivity contribution in [2.75, 3.05) is 23.3 Å². The van der Waals surface area contributed by atoms with Crippen molar-refractivity contribution in [3.63, 3.8) is 0 Å². The van der Waals surface area contributed by atoms with Crippen LogP contribution in [0.1, 0.15) is 11.1 Å². The molecule has 0 atom stereocenters. The summed E-state index contributed by atoms with van der Waals surface area (Å²) in [7, 11) is 0. The minimum atomic E-state index is 0.708. The molecular weight excluding hydrogens is 248 g/mol. The molecule has 2 aromatic rings. The number of rotatable bonds is 4. The lowest BCUT2D eigenvalue weighted by Crippen LogP contribution is -2.31. The Balaban J connectivity index is 1.79. The molecule has 2 heterocycles. The van der Waals surface area contributed by atoms with Gasteiger partial charge in [-0.2, -0.15) is 0 Å². The number of hydrogen-bond donors (Lipinski definition) is 1. The van der Waals surface area contributed by atoms with E-state index >= 15 is 0 Å². The van der Waals surface area contributed by atoms with Gasteiger partial charge in [-0.15, -0.1) is 6.58 Å². The molecule has 0 saturated heterocycles. The smallest absolute Gasteiger partial charge is 0.134 e. The van der Waals surface area contributed by atoms with Crippen molar-refractivity contribution < 1.29 is 0 Å². The third-order valence-electron chi connectivity index (χ3n) is 3.53. The van der Waals surface area contributed by atoms with Crippen molar-refractivity contribution in [1.82, 2.24) is 9.97 Å². The summed E-state index contributed by atoms with van der Waals surface area (Å²) in [5.41, 5.74) is 2.83. The van der Waals surface area contributed by atoms with Crippen LogP contribution >= 0.6 is 0 Å². The number of hydrogen-bond acceptors (Lipinski definition) is 4. The summed E-state index contributed by atoms with van der Waals surface area (Å²) in [6.07, 6.45) is 4.50. The van der Waals surface area contributed by atoms with Gasteiger partial charge in [0.1, 0.15) is 18.0 Å². The highest BCUT2D eigenvalue weighted by Crippen LogP contribution is 2.23. The fourth-order valence-electron chi connectivity index (χ4n) is 2.48. The molecule has 0 unspecified atom stereocenters. The fourth-order valence-corrected chi connectivity index (χ4v) is 2.48. The van der Waals surface area contributed by atoms with E-state index in [9.17, 15) is 0 Å². The molecule has 1 N–H and O–H groups in total. The molecule has 102 valence electrons. The third kappa shape index (κ3) is 2.64. The maximum Gasteiger partial charge on any atom is 0.134 e. The van der Waals surface area contributed by atoms with Gasteiger partial charge in [-0.05, 0) is 17.5 Å². The van der Waals surface area contributed by atoms with Crippen molar-refractivity contribution >= 4 is 11.6 Å². The second kappa shape index (κ2) is 5.74. The van der Waals surface area contributed by atoms with Crippen LogP contribution in [-0.2, 0) is 13.0 Å². The van der Waals surface area contributed by atoms with Crippen LogP contribution in [0.25, 0.3) is 0 Å². The molecule has 1 aromatic heterocycles. The van der Waals surface area contributed by atoms with Crippen LogP contribution in [-0.4, -0.2) is 23.1 Å². The van der Waals surface area contributed by atoms with E-state index in [2.05, 4.69) is 51.0 Å². The molecule has 0 fully saturated rings. The highest BCUT2D eigenvalue weighted by molar-refractivity contribution is 5.50. The van der Waals surface area contributed by atoms with E-state index in [1.807, 2.05) is 12.1 Å². The Morgan fingerprint density at radius 2 is 2.10 bits per heavy atom. The number of nitrogens with one attached hydrogen (secondary N) is 1. The van der Waals surface area contributed by atoms with Gasteiger partial charge in [0.05, 0.1) is 0 Å². The van der Waals surface area contributed by atoms with Crippen LogP contribution in [0.3, 0.4) is 0 Å². The van der Waals surface area contributed by atoms with E-state index in [-0.39, 0.29) is 0 Å². The molecule has 0 spiro atoms. The highest BCUT2D eigenvalue weighted by atomic mass is 15.2. The molecule has 4 heteroatoms. The summed E-state index contributed by atoms with van der Waals surface area (Å²) in [6.45, 7) is 6.31. The summed E-state index contributed by atoms with van der Waals surface area (Å²) >= 11 is 0. The molecule has 0 amide bonds. The summed E-state index contributed by atoms with van der Waals surface area (Å²) in [5, 5.41) is 3.20. The topological polar surface area (TPSA) is 41.0 Å². The average molecular weight is 266 g/mol. The van der Waals surface area contributed by atoms with Crippen molar-refractivity contribution in [3.8, 4) is 0 Å². The van der Waals surface area contributed by atoms with E-state index in [1.165, 1.54) is 11.1 Å². The molecule has 20 heavy (non-hydrogen) atoms. The first kappa shape index (κ1) is 12.7. The largest absolute Gasteiger partial charge is 0.366 e. The van der Waals surface area contributed by atoms with Gasteiger partial charge in [0, 0.05) is 25.7 Å². The molecule has 4 nitrogen and oxygen atoms in total. The molecule has 0 saturated carbocycles. The van der Waals surface area contributed by atoms with Crippen molar-refractivity contribution in [2.45, 2.75) is 13.0 Å². The minimum absolute atomic E-state index is 0.708. The first-order valence-electron chi connectivity index (χ1n) is 6.85. The normalized spacial score (nSPS) is 13.7. The molecule has 1 aromatic carbocycles. The van der Waals surface area contributed by atoms with E-state index in [0.717, 1.165) is 31.1 Å². The first-order chi connectivity index (χ1) is 9.86. The molecule has 0 radical (unpaired) electrons. The zero-order valence-electron chi connectivity index (χ0n) is 11.4. The van der Waals surface area contributed by atoms with Crippen molar-refractivity contribution in [1.29, 1.82) is 0 Å². The van der Waals surface area contributed by atoms with Crippen LogP contribution in [0.4, 0.5) is 11.6 Å². The van der Waals surface area contributed by atoms with Crippen molar-refractivity contribution in [3.05, 3.63) is 60.4 Å². The lowest BCUT2D eigenvalue weighted by Gasteiger charge is -2.29. The monoisotopic (exact) mass is 266 g/mol. The number of benzene rings is 1. The average Bonchev–Trinajstić information content (AvgIpc) is 2.53. The van der Waals surface area contributed by atoms with Crippen LogP contribution in [0.2, 0.25) is 0 Å². The Hall–Kier alpha value is -2.36. The molecule has 3 rings (SSSR count). The van der Waals surface area contributed by atoms with Crippen molar-refractivity contribution in [2.24, 2.45) is 0 Å². The highest BCUT2D eigenvalue weighted by Gasteiger charge is 2.17. The Morgan fingerprint density at radius 3 is 2.95 bits per heavy atom. The lowest BCUT2D eigenvalue weighted by molar-refractivity contribution is 0.719. The molecule has 0 aliphatic carbocycles.